The first-order chi connectivity index (χ1) is 11.7. The molecule has 0 atom stereocenters. The van der Waals surface area contributed by atoms with Crippen molar-refractivity contribution in [3.05, 3.63) is 71.5 Å². The first-order valence-corrected chi connectivity index (χ1v) is 8.61. The zero-order valence-corrected chi connectivity index (χ0v) is 14.1. The van der Waals surface area contributed by atoms with Gasteiger partial charge < -0.3 is 4.90 Å². The molecular formula is C19H17FN2OS. The van der Waals surface area contributed by atoms with E-state index in [1.807, 2.05) is 42.6 Å². The molecule has 0 radical (unpaired) electrons. The minimum absolute atomic E-state index is 0.0472. The van der Waals surface area contributed by atoms with Crippen LogP contribution in [-0.4, -0.2) is 17.4 Å². The molecule has 0 aliphatic rings. The van der Waals surface area contributed by atoms with Gasteiger partial charge in [-0.25, -0.2) is 9.37 Å². The summed E-state index contributed by atoms with van der Waals surface area (Å²) in [7, 11) is 0. The lowest BCUT2D eigenvalue weighted by atomic mass is 10.2. The number of thiazole rings is 1. The zero-order valence-electron chi connectivity index (χ0n) is 13.3. The lowest BCUT2D eigenvalue weighted by molar-refractivity contribution is -0.118. The fourth-order valence-corrected chi connectivity index (χ4v) is 3.30. The van der Waals surface area contributed by atoms with Crippen LogP contribution in [-0.2, 0) is 11.2 Å². The smallest absolute Gasteiger partial charge is 0.233 e. The van der Waals surface area contributed by atoms with Crippen molar-refractivity contribution in [3.63, 3.8) is 0 Å². The third-order valence-electron chi connectivity index (χ3n) is 3.66. The molecule has 3 rings (SSSR count). The molecule has 0 N–H and O–H groups in total. The molecule has 0 fully saturated rings. The second-order valence-electron chi connectivity index (χ2n) is 5.30. The third kappa shape index (κ3) is 3.68. The number of hydrogen-bond donors (Lipinski definition) is 0. The molecule has 0 unspecified atom stereocenters. The van der Waals surface area contributed by atoms with Gasteiger partial charge in [0.15, 0.2) is 0 Å². The van der Waals surface area contributed by atoms with Crippen LogP contribution < -0.4 is 4.90 Å². The summed E-state index contributed by atoms with van der Waals surface area (Å²) in [6, 6.07) is 15.9. The minimum atomic E-state index is -0.311. The molecule has 2 aromatic carbocycles. The standard InChI is InChI=1S/C19H17FN2OS/c1-2-22(17-10-8-15(20)9-11-17)18(23)12-16-13-24-19(21-16)14-6-4-3-5-7-14/h3-11,13H,2,12H2,1H3. The van der Waals surface area contributed by atoms with Crippen LogP contribution in [0, 0.1) is 5.82 Å². The second kappa shape index (κ2) is 7.36. The number of nitrogens with zero attached hydrogens (tertiary/aromatic N) is 2. The van der Waals surface area contributed by atoms with Gasteiger partial charge in [-0.1, -0.05) is 30.3 Å². The van der Waals surface area contributed by atoms with Crippen LogP contribution in [0.25, 0.3) is 10.6 Å². The molecule has 0 bridgehead atoms. The molecule has 5 heteroatoms. The average molecular weight is 340 g/mol. The number of anilines is 1. The van der Waals surface area contributed by atoms with E-state index in [-0.39, 0.29) is 18.1 Å². The van der Waals surface area contributed by atoms with Gasteiger partial charge in [0, 0.05) is 23.2 Å². The van der Waals surface area contributed by atoms with Gasteiger partial charge >= 0.3 is 0 Å². The maximum absolute atomic E-state index is 13.1. The van der Waals surface area contributed by atoms with Crippen molar-refractivity contribution < 1.29 is 9.18 Å². The van der Waals surface area contributed by atoms with E-state index in [9.17, 15) is 9.18 Å². The van der Waals surface area contributed by atoms with E-state index in [0.717, 1.165) is 16.3 Å². The average Bonchev–Trinajstić information content (AvgIpc) is 3.06. The number of benzene rings is 2. The Bertz CT molecular complexity index is 815. The highest BCUT2D eigenvalue weighted by Crippen LogP contribution is 2.24. The summed E-state index contributed by atoms with van der Waals surface area (Å²) in [5, 5.41) is 2.82. The Hall–Kier alpha value is -2.53. The van der Waals surface area contributed by atoms with E-state index in [1.165, 1.54) is 23.5 Å². The fourth-order valence-electron chi connectivity index (χ4n) is 2.48. The van der Waals surface area contributed by atoms with Crippen LogP contribution in [0.2, 0.25) is 0 Å². The van der Waals surface area contributed by atoms with E-state index in [1.54, 1.807) is 17.0 Å². The molecule has 0 saturated heterocycles. The number of aromatic nitrogens is 1. The van der Waals surface area contributed by atoms with E-state index < -0.39 is 0 Å². The SMILES string of the molecule is CCN(C(=O)Cc1csc(-c2ccccc2)n1)c1ccc(F)cc1. The number of carbonyl (C=O) groups excluding carboxylic acids is 1. The van der Waals surface area contributed by atoms with Crippen molar-refractivity contribution >= 4 is 22.9 Å². The number of likely N-dealkylation sites (N-methyl/N-ethyl adjacent to an activating group) is 1. The van der Waals surface area contributed by atoms with Gasteiger partial charge in [-0.2, -0.15) is 0 Å². The molecule has 3 aromatic rings. The summed E-state index contributed by atoms with van der Waals surface area (Å²) in [6.07, 6.45) is 0.231. The van der Waals surface area contributed by atoms with Crippen molar-refractivity contribution in [2.45, 2.75) is 13.3 Å². The van der Waals surface area contributed by atoms with Crippen LogP contribution in [0.1, 0.15) is 12.6 Å². The third-order valence-corrected chi connectivity index (χ3v) is 4.60. The molecule has 24 heavy (non-hydrogen) atoms. The summed E-state index contributed by atoms with van der Waals surface area (Å²) in [4.78, 5) is 18.8. The molecule has 0 spiro atoms. The van der Waals surface area contributed by atoms with E-state index in [2.05, 4.69) is 4.98 Å². The monoisotopic (exact) mass is 340 g/mol. The Labute approximate surface area is 144 Å². The van der Waals surface area contributed by atoms with Crippen LogP contribution >= 0.6 is 11.3 Å². The number of carbonyl (C=O) groups is 1. The maximum Gasteiger partial charge on any atom is 0.233 e. The van der Waals surface area contributed by atoms with Gasteiger partial charge in [0.1, 0.15) is 10.8 Å². The van der Waals surface area contributed by atoms with E-state index in [4.69, 9.17) is 0 Å². The molecule has 1 heterocycles. The summed E-state index contributed by atoms with van der Waals surface area (Å²) in [5.41, 5.74) is 2.50. The van der Waals surface area contributed by atoms with Gasteiger partial charge in [-0.05, 0) is 31.2 Å². The first-order valence-electron chi connectivity index (χ1n) is 7.73. The predicted molar refractivity (Wildman–Crippen MR) is 95.7 cm³/mol. The van der Waals surface area contributed by atoms with Crippen molar-refractivity contribution in [1.82, 2.24) is 4.98 Å². The van der Waals surface area contributed by atoms with Gasteiger partial charge in [-0.3, -0.25) is 4.79 Å². The number of rotatable bonds is 5. The number of halogens is 1. The van der Waals surface area contributed by atoms with E-state index in [0.29, 0.717) is 12.2 Å². The van der Waals surface area contributed by atoms with Crippen LogP contribution in [0.5, 0.6) is 0 Å². The topological polar surface area (TPSA) is 33.2 Å². The minimum Gasteiger partial charge on any atom is -0.312 e. The van der Waals surface area contributed by atoms with Gasteiger partial charge in [-0.15, -0.1) is 11.3 Å². The number of hydrogen-bond acceptors (Lipinski definition) is 3. The zero-order chi connectivity index (χ0) is 16.9. The fraction of sp³-hybridized carbons (Fsp3) is 0.158. The highest BCUT2D eigenvalue weighted by atomic mass is 32.1. The molecule has 122 valence electrons. The lowest BCUT2D eigenvalue weighted by Gasteiger charge is -2.20. The Kier molecular flexibility index (Phi) is 5.01. The molecule has 1 aromatic heterocycles. The Balaban J connectivity index is 1.74. The molecule has 1 amide bonds. The molecule has 0 aliphatic heterocycles. The van der Waals surface area contributed by atoms with E-state index >= 15 is 0 Å². The van der Waals surface area contributed by atoms with Gasteiger partial charge in [0.25, 0.3) is 0 Å². The summed E-state index contributed by atoms with van der Waals surface area (Å²) >= 11 is 1.53. The Morgan fingerprint density at radius 2 is 1.83 bits per heavy atom. The van der Waals surface area contributed by atoms with Crippen molar-refractivity contribution in [2.24, 2.45) is 0 Å². The van der Waals surface area contributed by atoms with Crippen LogP contribution in [0.4, 0.5) is 10.1 Å². The largest absolute Gasteiger partial charge is 0.312 e. The summed E-state index contributed by atoms with van der Waals surface area (Å²) in [6.45, 7) is 2.43. The van der Waals surface area contributed by atoms with Crippen LogP contribution in [0.15, 0.2) is 60.0 Å². The highest BCUT2D eigenvalue weighted by Gasteiger charge is 2.16. The Morgan fingerprint density at radius 3 is 2.50 bits per heavy atom. The van der Waals surface area contributed by atoms with Crippen LogP contribution in [0.3, 0.4) is 0 Å². The normalized spacial score (nSPS) is 10.6. The Morgan fingerprint density at radius 1 is 1.12 bits per heavy atom. The molecule has 0 aliphatic carbocycles. The number of amides is 1. The van der Waals surface area contributed by atoms with Gasteiger partial charge in [0.2, 0.25) is 5.91 Å². The molecule has 0 saturated carbocycles. The predicted octanol–water partition coefficient (Wildman–Crippen LogP) is 4.54. The van der Waals surface area contributed by atoms with Crippen molar-refractivity contribution in [3.8, 4) is 10.6 Å². The van der Waals surface area contributed by atoms with Gasteiger partial charge in [0.05, 0.1) is 12.1 Å². The molecular weight excluding hydrogens is 323 g/mol. The van der Waals surface area contributed by atoms with Crippen molar-refractivity contribution in [2.75, 3.05) is 11.4 Å². The summed E-state index contributed by atoms with van der Waals surface area (Å²) in [5.74, 6) is -0.358. The molecule has 3 nitrogen and oxygen atoms in total. The lowest BCUT2D eigenvalue weighted by Crippen LogP contribution is -2.32. The quantitative estimate of drug-likeness (QED) is 0.683. The first kappa shape index (κ1) is 16.3. The van der Waals surface area contributed by atoms with Crippen molar-refractivity contribution in [1.29, 1.82) is 0 Å². The second-order valence-corrected chi connectivity index (χ2v) is 6.16. The maximum atomic E-state index is 13.1. The summed E-state index contributed by atoms with van der Waals surface area (Å²) < 4.78 is 13.1. The highest BCUT2D eigenvalue weighted by molar-refractivity contribution is 7.13.